The molecular formula is C19H17N3O5S. The van der Waals surface area contributed by atoms with Gasteiger partial charge in [-0.15, -0.1) is 11.3 Å². The number of thiophene rings is 1. The standard InChI is InChI=1S/C19H17N3O5S/c1-3-27-18(25)14-13(11-6-4-10(2)5-7-11)9-28-17(14)20-8-12-15(23)21-19(26)22-16(12)24/h4-9,12H,3H2,1-2H3,(H2,21,22,23,24,26). The number of nitrogens with zero attached hydrogens (tertiary/aromatic N) is 1. The van der Waals surface area contributed by atoms with Gasteiger partial charge in [-0.25, -0.2) is 14.6 Å². The lowest BCUT2D eigenvalue weighted by atomic mass is 10.0. The lowest BCUT2D eigenvalue weighted by molar-refractivity contribution is -0.132. The molecule has 0 unspecified atom stereocenters. The number of hydrogen-bond acceptors (Lipinski definition) is 7. The highest BCUT2D eigenvalue weighted by Gasteiger charge is 2.33. The molecule has 0 aliphatic carbocycles. The number of hydrogen-bond donors (Lipinski definition) is 2. The Bertz CT molecular complexity index is 958. The third-order valence-corrected chi connectivity index (χ3v) is 4.88. The zero-order chi connectivity index (χ0) is 20.3. The highest BCUT2D eigenvalue weighted by molar-refractivity contribution is 7.14. The van der Waals surface area contributed by atoms with Crippen molar-refractivity contribution in [2.75, 3.05) is 6.61 Å². The van der Waals surface area contributed by atoms with Crippen LogP contribution >= 0.6 is 11.3 Å². The quantitative estimate of drug-likeness (QED) is 0.456. The first kappa shape index (κ1) is 19.4. The van der Waals surface area contributed by atoms with E-state index in [-0.39, 0.29) is 12.2 Å². The summed E-state index contributed by atoms with van der Waals surface area (Å²) in [5, 5.41) is 6.09. The van der Waals surface area contributed by atoms with Crippen LogP contribution in [0.3, 0.4) is 0 Å². The Hall–Kier alpha value is -3.33. The van der Waals surface area contributed by atoms with E-state index in [1.807, 2.05) is 41.8 Å². The molecule has 0 bridgehead atoms. The number of imide groups is 2. The fourth-order valence-corrected chi connectivity index (χ4v) is 3.51. The second kappa shape index (κ2) is 8.13. The van der Waals surface area contributed by atoms with Gasteiger partial charge < -0.3 is 4.74 Å². The third-order valence-electron chi connectivity index (χ3n) is 3.99. The molecule has 2 N–H and O–H groups in total. The molecule has 0 radical (unpaired) electrons. The predicted molar refractivity (Wildman–Crippen MR) is 104 cm³/mol. The van der Waals surface area contributed by atoms with Gasteiger partial charge in [-0.05, 0) is 19.4 Å². The van der Waals surface area contributed by atoms with Crippen molar-refractivity contribution in [3.05, 3.63) is 40.8 Å². The molecule has 1 fully saturated rings. The minimum absolute atomic E-state index is 0.195. The predicted octanol–water partition coefficient (Wildman–Crippen LogP) is 2.58. The molecule has 9 heteroatoms. The van der Waals surface area contributed by atoms with Crippen molar-refractivity contribution < 1.29 is 23.9 Å². The molecule has 0 spiro atoms. The molecule has 1 aliphatic rings. The number of amides is 4. The summed E-state index contributed by atoms with van der Waals surface area (Å²) >= 11 is 1.19. The summed E-state index contributed by atoms with van der Waals surface area (Å²) in [5.74, 6) is -3.35. The molecule has 1 aliphatic heterocycles. The van der Waals surface area contributed by atoms with Crippen molar-refractivity contribution in [2.45, 2.75) is 13.8 Å². The number of barbiturate groups is 1. The van der Waals surface area contributed by atoms with Crippen molar-refractivity contribution >= 4 is 46.4 Å². The van der Waals surface area contributed by atoms with Crippen molar-refractivity contribution in [3.63, 3.8) is 0 Å². The summed E-state index contributed by atoms with van der Waals surface area (Å²) in [4.78, 5) is 51.5. The van der Waals surface area contributed by atoms with E-state index in [9.17, 15) is 19.2 Å². The Kier molecular flexibility index (Phi) is 5.65. The van der Waals surface area contributed by atoms with E-state index in [0.29, 0.717) is 10.6 Å². The van der Waals surface area contributed by atoms with Crippen LogP contribution < -0.4 is 10.6 Å². The van der Waals surface area contributed by atoms with E-state index in [2.05, 4.69) is 4.99 Å². The zero-order valence-electron chi connectivity index (χ0n) is 15.1. The van der Waals surface area contributed by atoms with Crippen LogP contribution in [0.25, 0.3) is 11.1 Å². The smallest absolute Gasteiger partial charge is 0.341 e. The number of esters is 1. The van der Waals surface area contributed by atoms with Crippen LogP contribution in [-0.2, 0) is 14.3 Å². The third kappa shape index (κ3) is 3.99. The minimum atomic E-state index is -1.27. The highest BCUT2D eigenvalue weighted by Crippen LogP contribution is 2.38. The van der Waals surface area contributed by atoms with Gasteiger partial charge in [-0.2, -0.15) is 0 Å². The first-order chi connectivity index (χ1) is 13.4. The molecule has 4 amide bonds. The van der Waals surface area contributed by atoms with Gasteiger partial charge >= 0.3 is 12.0 Å². The number of carbonyl (C=O) groups excluding carboxylic acids is 4. The van der Waals surface area contributed by atoms with E-state index in [1.165, 1.54) is 11.3 Å². The van der Waals surface area contributed by atoms with Crippen molar-refractivity contribution in [1.82, 2.24) is 10.6 Å². The second-order valence-corrected chi connectivity index (χ2v) is 6.84. The number of carbonyl (C=O) groups is 4. The summed E-state index contributed by atoms with van der Waals surface area (Å²) < 4.78 is 5.15. The summed E-state index contributed by atoms with van der Waals surface area (Å²) in [6.45, 7) is 3.86. The van der Waals surface area contributed by atoms with Crippen LogP contribution in [0, 0.1) is 12.8 Å². The maximum Gasteiger partial charge on any atom is 0.341 e. The zero-order valence-corrected chi connectivity index (χ0v) is 16.0. The maximum atomic E-state index is 12.5. The van der Waals surface area contributed by atoms with E-state index in [0.717, 1.165) is 17.3 Å². The Balaban J connectivity index is 1.97. The Morgan fingerprint density at radius 2 is 1.82 bits per heavy atom. The first-order valence-electron chi connectivity index (χ1n) is 8.46. The van der Waals surface area contributed by atoms with Gasteiger partial charge in [0, 0.05) is 17.2 Å². The normalized spacial score (nSPS) is 14.9. The summed E-state index contributed by atoms with van der Waals surface area (Å²) in [7, 11) is 0. The van der Waals surface area contributed by atoms with Crippen LogP contribution in [0.4, 0.5) is 9.80 Å². The molecular weight excluding hydrogens is 382 g/mol. The van der Waals surface area contributed by atoms with E-state index < -0.39 is 29.7 Å². The largest absolute Gasteiger partial charge is 0.462 e. The molecule has 8 nitrogen and oxygen atoms in total. The molecule has 0 saturated carbocycles. The maximum absolute atomic E-state index is 12.5. The molecule has 0 atom stereocenters. The monoisotopic (exact) mass is 399 g/mol. The summed E-state index contributed by atoms with van der Waals surface area (Å²) in [6, 6.07) is 6.77. The molecule has 2 aromatic rings. The van der Waals surface area contributed by atoms with E-state index in [1.54, 1.807) is 12.3 Å². The molecule has 1 aromatic heterocycles. The number of benzene rings is 1. The number of nitrogens with one attached hydrogen (secondary N) is 2. The van der Waals surface area contributed by atoms with Crippen LogP contribution in [0.5, 0.6) is 0 Å². The lowest BCUT2D eigenvalue weighted by Gasteiger charge is -2.16. The number of urea groups is 1. The van der Waals surface area contributed by atoms with Gasteiger partial charge in [0.05, 0.1) is 6.61 Å². The van der Waals surface area contributed by atoms with Gasteiger partial charge in [0.1, 0.15) is 10.6 Å². The summed E-state index contributed by atoms with van der Waals surface area (Å²) in [6.07, 6.45) is 1.12. The van der Waals surface area contributed by atoms with Crippen molar-refractivity contribution in [1.29, 1.82) is 0 Å². The molecule has 3 rings (SSSR count). The number of rotatable bonds is 5. The first-order valence-corrected chi connectivity index (χ1v) is 9.34. The van der Waals surface area contributed by atoms with Crippen molar-refractivity contribution in [3.8, 4) is 11.1 Å². The average Bonchev–Trinajstić information content (AvgIpc) is 3.05. The fraction of sp³-hybridized carbons (Fsp3) is 0.211. The topological polar surface area (TPSA) is 114 Å². The lowest BCUT2D eigenvalue weighted by Crippen LogP contribution is -2.56. The van der Waals surface area contributed by atoms with Gasteiger partial charge in [0.25, 0.3) is 0 Å². The molecule has 1 aromatic carbocycles. The number of ether oxygens (including phenoxy) is 1. The van der Waals surface area contributed by atoms with Crippen molar-refractivity contribution in [2.24, 2.45) is 10.9 Å². The van der Waals surface area contributed by atoms with Crippen LogP contribution in [0.1, 0.15) is 22.8 Å². The van der Waals surface area contributed by atoms with E-state index >= 15 is 0 Å². The molecule has 144 valence electrons. The fourth-order valence-electron chi connectivity index (χ4n) is 2.60. The highest BCUT2D eigenvalue weighted by atomic mass is 32.1. The molecule has 28 heavy (non-hydrogen) atoms. The Morgan fingerprint density at radius 3 is 2.43 bits per heavy atom. The number of aryl methyl sites for hydroxylation is 1. The summed E-state index contributed by atoms with van der Waals surface area (Å²) in [5.41, 5.74) is 2.83. The second-order valence-electron chi connectivity index (χ2n) is 5.98. The van der Waals surface area contributed by atoms with E-state index in [4.69, 9.17) is 4.74 Å². The van der Waals surface area contributed by atoms with Gasteiger partial charge in [0.15, 0.2) is 5.92 Å². The minimum Gasteiger partial charge on any atom is -0.462 e. The van der Waals surface area contributed by atoms with Crippen LogP contribution in [-0.4, -0.2) is 36.6 Å². The Morgan fingerprint density at radius 1 is 1.18 bits per heavy atom. The molecule has 1 saturated heterocycles. The van der Waals surface area contributed by atoms with Gasteiger partial charge in [0.2, 0.25) is 11.8 Å². The van der Waals surface area contributed by atoms with Gasteiger partial charge in [-0.3, -0.25) is 20.2 Å². The average molecular weight is 399 g/mol. The Labute approximate surface area is 164 Å². The van der Waals surface area contributed by atoms with Crippen LogP contribution in [0.15, 0.2) is 34.6 Å². The van der Waals surface area contributed by atoms with Gasteiger partial charge in [-0.1, -0.05) is 29.8 Å². The SMILES string of the molecule is CCOC(=O)c1c(-c2ccc(C)cc2)csc1N=CC1C(=O)NC(=O)NC1=O. The molecule has 2 heterocycles. The number of aliphatic imine (C=N–C) groups is 1. The van der Waals surface area contributed by atoms with Crippen LogP contribution in [0.2, 0.25) is 0 Å².